The molecule has 126 valence electrons. The first kappa shape index (κ1) is 15.6. The van der Waals surface area contributed by atoms with Crippen molar-refractivity contribution in [1.29, 1.82) is 0 Å². The van der Waals surface area contributed by atoms with Gasteiger partial charge in [-0.25, -0.2) is 4.68 Å². The molecule has 2 aromatic heterocycles. The highest BCUT2D eigenvalue weighted by Crippen LogP contribution is 2.36. The van der Waals surface area contributed by atoms with Crippen LogP contribution in [-0.4, -0.2) is 20.7 Å². The number of rotatable bonds is 3. The van der Waals surface area contributed by atoms with E-state index >= 15 is 0 Å². The van der Waals surface area contributed by atoms with E-state index < -0.39 is 6.04 Å². The Labute approximate surface area is 151 Å². The molecule has 0 spiro atoms. The number of nitrogens with one attached hydrogen (secondary N) is 2. The quantitative estimate of drug-likeness (QED) is 0.703. The average Bonchev–Trinajstić information content (AvgIpc) is 3.23. The number of hydrogen-bond acceptors (Lipinski definition) is 5. The molecule has 4 rings (SSSR count). The SMILES string of the molecule is CC1=C(C(=O)Nc2ccccc2)[C@H](c2ccc(Br)o2)n2ncnc2N1. The normalized spacial score (nSPS) is 16.3. The van der Waals surface area contributed by atoms with Gasteiger partial charge in [0.05, 0.1) is 5.57 Å². The molecule has 1 aliphatic heterocycles. The summed E-state index contributed by atoms with van der Waals surface area (Å²) >= 11 is 3.31. The summed E-state index contributed by atoms with van der Waals surface area (Å²) in [5, 5.41) is 10.3. The highest BCUT2D eigenvalue weighted by molar-refractivity contribution is 9.10. The largest absolute Gasteiger partial charge is 0.452 e. The zero-order valence-corrected chi connectivity index (χ0v) is 14.8. The Morgan fingerprint density at radius 1 is 1.28 bits per heavy atom. The van der Waals surface area contributed by atoms with Crippen LogP contribution in [0.2, 0.25) is 0 Å². The highest BCUT2D eigenvalue weighted by atomic mass is 79.9. The number of fused-ring (bicyclic) bond motifs is 1. The number of hydrogen-bond donors (Lipinski definition) is 2. The first-order valence-electron chi connectivity index (χ1n) is 7.62. The molecular weight excluding hydrogens is 386 g/mol. The van der Waals surface area contributed by atoms with Gasteiger partial charge in [-0.2, -0.15) is 10.1 Å². The number of aromatic nitrogens is 3. The van der Waals surface area contributed by atoms with E-state index in [1.165, 1.54) is 6.33 Å². The minimum absolute atomic E-state index is 0.227. The number of carbonyl (C=O) groups is 1. The molecule has 0 saturated heterocycles. The zero-order chi connectivity index (χ0) is 17.4. The molecule has 0 aliphatic carbocycles. The second kappa shape index (κ2) is 6.21. The molecule has 2 N–H and O–H groups in total. The Hall–Kier alpha value is -2.87. The van der Waals surface area contributed by atoms with Crippen LogP contribution in [0, 0.1) is 0 Å². The number of allylic oxidation sites excluding steroid dienone is 1. The number of para-hydroxylation sites is 1. The second-order valence-electron chi connectivity index (χ2n) is 5.56. The summed E-state index contributed by atoms with van der Waals surface area (Å²) in [6.07, 6.45) is 1.44. The Bertz CT molecular complexity index is 960. The van der Waals surface area contributed by atoms with Crippen molar-refractivity contribution in [3.63, 3.8) is 0 Å². The van der Waals surface area contributed by atoms with E-state index in [-0.39, 0.29) is 5.91 Å². The lowest BCUT2D eigenvalue weighted by Crippen LogP contribution is -2.31. The lowest BCUT2D eigenvalue weighted by atomic mass is 10.00. The van der Waals surface area contributed by atoms with E-state index in [4.69, 9.17) is 4.42 Å². The van der Waals surface area contributed by atoms with E-state index in [0.717, 1.165) is 5.69 Å². The molecular formula is C17H14BrN5O2. The van der Waals surface area contributed by atoms with Gasteiger partial charge < -0.3 is 15.1 Å². The van der Waals surface area contributed by atoms with Gasteiger partial charge in [0.15, 0.2) is 4.67 Å². The molecule has 3 aromatic rings. The Morgan fingerprint density at radius 3 is 2.80 bits per heavy atom. The third-order valence-corrected chi connectivity index (χ3v) is 4.36. The van der Waals surface area contributed by atoms with E-state index in [2.05, 4.69) is 36.6 Å². The van der Waals surface area contributed by atoms with Crippen LogP contribution in [-0.2, 0) is 4.79 Å². The molecule has 1 aliphatic rings. The third kappa shape index (κ3) is 2.85. The third-order valence-electron chi connectivity index (χ3n) is 3.93. The summed E-state index contributed by atoms with van der Waals surface area (Å²) in [6.45, 7) is 1.84. The first-order chi connectivity index (χ1) is 12.1. The number of anilines is 2. The Balaban J connectivity index is 1.76. The number of furan rings is 1. The summed E-state index contributed by atoms with van der Waals surface area (Å²) in [6, 6.07) is 12.4. The lowest BCUT2D eigenvalue weighted by Gasteiger charge is -2.27. The monoisotopic (exact) mass is 399 g/mol. The summed E-state index contributed by atoms with van der Waals surface area (Å²) in [7, 11) is 0. The molecule has 1 amide bonds. The molecule has 0 saturated carbocycles. The van der Waals surface area contributed by atoms with Crippen LogP contribution in [0.4, 0.5) is 11.6 Å². The van der Waals surface area contributed by atoms with Crippen LogP contribution in [0.1, 0.15) is 18.7 Å². The van der Waals surface area contributed by atoms with Crippen molar-refractivity contribution in [3.8, 4) is 0 Å². The summed E-state index contributed by atoms with van der Waals surface area (Å²) in [4.78, 5) is 17.2. The molecule has 0 unspecified atom stereocenters. The van der Waals surface area contributed by atoms with Crippen LogP contribution in [0.3, 0.4) is 0 Å². The summed E-state index contributed by atoms with van der Waals surface area (Å²) in [5.41, 5.74) is 1.94. The van der Waals surface area contributed by atoms with Gasteiger partial charge >= 0.3 is 0 Å². The van der Waals surface area contributed by atoms with Gasteiger partial charge in [0, 0.05) is 11.4 Å². The lowest BCUT2D eigenvalue weighted by molar-refractivity contribution is -0.113. The molecule has 1 aromatic carbocycles. The van der Waals surface area contributed by atoms with E-state index in [0.29, 0.717) is 27.6 Å². The van der Waals surface area contributed by atoms with Crippen molar-refractivity contribution in [2.45, 2.75) is 13.0 Å². The van der Waals surface area contributed by atoms with Gasteiger partial charge in [0.25, 0.3) is 5.91 Å². The van der Waals surface area contributed by atoms with Crippen LogP contribution >= 0.6 is 15.9 Å². The van der Waals surface area contributed by atoms with Gasteiger partial charge in [-0.1, -0.05) is 18.2 Å². The number of benzene rings is 1. The van der Waals surface area contributed by atoms with Crippen LogP contribution in [0.25, 0.3) is 0 Å². The van der Waals surface area contributed by atoms with Gasteiger partial charge in [-0.05, 0) is 47.1 Å². The maximum atomic E-state index is 13.0. The van der Waals surface area contributed by atoms with Crippen molar-refractivity contribution in [3.05, 3.63) is 70.5 Å². The van der Waals surface area contributed by atoms with Crippen molar-refractivity contribution in [1.82, 2.24) is 14.8 Å². The van der Waals surface area contributed by atoms with E-state index in [9.17, 15) is 4.79 Å². The summed E-state index contributed by atoms with van der Waals surface area (Å²) < 4.78 is 7.94. The minimum Gasteiger partial charge on any atom is -0.452 e. The predicted octanol–water partition coefficient (Wildman–Crippen LogP) is 3.56. The molecule has 7 nitrogen and oxygen atoms in total. The molecule has 1 atom stereocenters. The minimum atomic E-state index is -0.506. The molecule has 0 radical (unpaired) electrons. The summed E-state index contributed by atoms with van der Waals surface area (Å²) in [5.74, 6) is 0.929. The number of carbonyl (C=O) groups excluding carboxylic acids is 1. The Kier molecular flexibility index (Phi) is 3.89. The van der Waals surface area contributed by atoms with Crippen molar-refractivity contribution >= 4 is 33.5 Å². The van der Waals surface area contributed by atoms with Gasteiger partial charge in [-0.15, -0.1) is 0 Å². The van der Waals surface area contributed by atoms with Crippen molar-refractivity contribution < 1.29 is 9.21 Å². The maximum absolute atomic E-state index is 13.0. The van der Waals surface area contributed by atoms with E-state index in [1.807, 2.05) is 43.3 Å². The van der Waals surface area contributed by atoms with Crippen LogP contribution in [0.5, 0.6) is 0 Å². The van der Waals surface area contributed by atoms with Gasteiger partial charge in [-0.3, -0.25) is 4.79 Å². The van der Waals surface area contributed by atoms with Crippen LogP contribution < -0.4 is 10.6 Å². The molecule has 3 heterocycles. The number of nitrogens with zero attached hydrogens (tertiary/aromatic N) is 3. The molecule has 0 fully saturated rings. The average molecular weight is 400 g/mol. The number of halogens is 1. The Morgan fingerprint density at radius 2 is 2.08 bits per heavy atom. The highest BCUT2D eigenvalue weighted by Gasteiger charge is 2.35. The number of amides is 1. The van der Waals surface area contributed by atoms with Crippen molar-refractivity contribution in [2.24, 2.45) is 0 Å². The topological polar surface area (TPSA) is 85.0 Å². The fourth-order valence-corrected chi connectivity index (χ4v) is 3.16. The molecule has 25 heavy (non-hydrogen) atoms. The second-order valence-corrected chi connectivity index (χ2v) is 6.34. The molecule has 0 bridgehead atoms. The predicted molar refractivity (Wildman–Crippen MR) is 96.0 cm³/mol. The zero-order valence-electron chi connectivity index (χ0n) is 13.2. The molecule has 8 heteroatoms. The smallest absolute Gasteiger partial charge is 0.256 e. The van der Waals surface area contributed by atoms with E-state index in [1.54, 1.807) is 10.7 Å². The van der Waals surface area contributed by atoms with Gasteiger partial charge in [0.2, 0.25) is 5.95 Å². The van der Waals surface area contributed by atoms with Gasteiger partial charge in [0.1, 0.15) is 18.1 Å². The first-order valence-corrected chi connectivity index (χ1v) is 8.41. The van der Waals surface area contributed by atoms with Crippen LogP contribution in [0.15, 0.2) is 69.1 Å². The fourth-order valence-electron chi connectivity index (χ4n) is 2.84. The van der Waals surface area contributed by atoms with Crippen molar-refractivity contribution in [2.75, 3.05) is 10.6 Å². The fraction of sp³-hybridized carbons (Fsp3) is 0.118. The standard InChI is InChI=1S/C17H14BrN5O2/c1-10-14(16(24)22-11-5-3-2-4-6-11)15(12-7-8-13(18)25-12)23-17(21-10)19-9-20-23/h2-9,15H,1H3,(H,22,24)(H,19,20,21)/t15-/m0/s1. The maximum Gasteiger partial charge on any atom is 0.256 e.